The highest BCUT2D eigenvalue weighted by Crippen LogP contribution is 2.02. The summed E-state index contributed by atoms with van der Waals surface area (Å²) in [6.07, 6.45) is 1.32. The Labute approximate surface area is 86.1 Å². The zero-order chi connectivity index (χ0) is 11.4. The highest BCUT2D eigenvalue weighted by atomic mass is 16.5. The number of amides is 2. The summed E-state index contributed by atoms with van der Waals surface area (Å²) in [7, 11) is 0. The van der Waals surface area contributed by atoms with E-state index in [0.717, 1.165) is 4.90 Å². The van der Waals surface area contributed by atoms with E-state index in [1.54, 1.807) is 0 Å². The number of rotatable bonds is 3. The van der Waals surface area contributed by atoms with Gasteiger partial charge >= 0.3 is 5.97 Å². The van der Waals surface area contributed by atoms with E-state index in [1.807, 2.05) is 0 Å². The Morgan fingerprint density at radius 1 is 1.47 bits per heavy atom. The van der Waals surface area contributed by atoms with Crippen molar-refractivity contribution >= 4 is 17.8 Å². The van der Waals surface area contributed by atoms with Gasteiger partial charge in [0.15, 0.2) is 0 Å². The van der Waals surface area contributed by atoms with Crippen molar-refractivity contribution in [3.05, 3.63) is 11.6 Å². The van der Waals surface area contributed by atoms with Crippen LogP contribution in [0.5, 0.6) is 0 Å². The number of aliphatic carboxylic acids is 1. The van der Waals surface area contributed by atoms with Crippen molar-refractivity contribution in [2.45, 2.75) is 6.92 Å². The molecule has 0 aromatic rings. The molecule has 1 N–H and O–H groups in total. The first kappa shape index (κ1) is 11.4. The van der Waals surface area contributed by atoms with Crippen LogP contribution in [0.15, 0.2) is 11.6 Å². The molecule has 1 rings (SSSR count). The van der Waals surface area contributed by atoms with Crippen molar-refractivity contribution in [3.63, 3.8) is 0 Å². The standard InChI is InChI=1S/C9H11NO5/c1-6(9(13)14)2-3-10-7(11)4-15-5-8(10)12/h2H,3-5H2,1H3,(H,13,14). The molecule has 0 atom stereocenters. The van der Waals surface area contributed by atoms with Crippen molar-refractivity contribution in [1.82, 2.24) is 4.90 Å². The van der Waals surface area contributed by atoms with E-state index in [1.165, 1.54) is 13.0 Å². The predicted molar refractivity (Wildman–Crippen MR) is 48.9 cm³/mol. The third-order valence-corrected chi connectivity index (χ3v) is 1.97. The van der Waals surface area contributed by atoms with Gasteiger partial charge in [0, 0.05) is 12.1 Å². The van der Waals surface area contributed by atoms with Gasteiger partial charge in [-0.05, 0) is 6.92 Å². The highest BCUT2D eigenvalue weighted by Gasteiger charge is 2.25. The first-order valence-corrected chi connectivity index (χ1v) is 4.33. The molecule has 0 aromatic heterocycles. The second-order valence-corrected chi connectivity index (χ2v) is 3.08. The van der Waals surface area contributed by atoms with Gasteiger partial charge in [-0.3, -0.25) is 14.5 Å². The van der Waals surface area contributed by atoms with E-state index < -0.39 is 17.8 Å². The Morgan fingerprint density at radius 2 is 2.00 bits per heavy atom. The zero-order valence-electron chi connectivity index (χ0n) is 8.23. The largest absolute Gasteiger partial charge is 0.478 e. The summed E-state index contributed by atoms with van der Waals surface area (Å²) in [5, 5.41) is 8.56. The van der Waals surface area contributed by atoms with Crippen LogP contribution < -0.4 is 0 Å². The fraction of sp³-hybridized carbons (Fsp3) is 0.444. The summed E-state index contributed by atoms with van der Waals surface area (Å²) in [6.45, 7) is 1.12. The molecule has 0 saturated carbocycles. The first-order valence-electron chi connectivity index (χ1n) is 4.33. The molecule has 0 spiro atoms. The van der Waals surface area contributed by atoms with Crippen molar-refractivity contribution < 1.29 is 24.2 Å². The summed E-state index contributed by atoms with van der Waals surface area (Å²) < 4.78 is 4.70. The molecule has 0 bridgehead atoms. The van der Waals surface area contributed by atoms with Gasteiger partial charge in [0.25, 0.3) is 11.8 Å². The Kier molecular flexibility index (Phi) is 3.56. The third kappa shape index (κ3) is 2.88. The van der Waals surface area contributed by atoms with E-state index >= 15 is 0 Å². The van der Waals surface area contributed by atoms with E-state index in [9.17, 15) is 14.4 Å². The van der Waals surface area contributed by atoms with Crippen molar-refractivity contribution in [2.75, 3.05) is 19.8 Å². The number of carbonyl (C=O) groups is 3. The number of hydrogen-bond donors (Lipinski definition) is 1. The normalized spacial score (nSPS) is 18.2. The lowest BCUT2D eigenvalue weighted by Gasteiger charge is -2.23. The van der Waals surface area contributed by atoms with Crippen molar-refractivity contribution in [3.8, 4) is 0 Å². The van der Waals surface area contributed by atoms with Gasteiger partial charge in [-0.25, -0.2) is 4.79 Å². The molecule has 1 heterocycles. The molecule has 1 fully saturated rings. The number of carbonyl (C=O) groups excluding carboxylic acids is 2. The molecule has 0 aliphatic carbocycles. The average molecular weight is 213 g/mol. The summed E-state index contributed by atoms with van der Waals surface area (Å²) >= 11 is 0. The van der Waals surface area contributed by atoms with Gasteiger partial charge < -0.3 is 9.84 Å². The summed E-state index contributed by atoms with van der Waals surface area (Å²) in [5.74, 6) is -1.95. The lowest BCUT2D eigenvalue weighted by Crippen LogP contribution is -2.46. The number of carboxylic acids is 1. The summed E-state index contributed by atoms with van der Waals surface area (Å²) in [5.41, 5.74) is 0.0992. The summed E-state index contributed by atoms with van der Waals surface area (Å²) in [4.78, 5) is 33.8. The third-order valence-electron chi connectivity index (χ3n) is 1.97. The molecule has 6 nitrogen and oxygen atoms in total. The van der Waals surface area contributed by atoms with Crippen LogP contribution in [0.25, 0.3) is 0 Å². The smallest absolute Gasteiger partial charge is 0.331 e. The minimum absolute atomic E-state index is 0.0147. The van der Waals surface area contributed by atoms with E-state index in [4.69, 9.17) is 9.84 Å². The summed E-state index contributed by atoms with van der Waals surface area (Å²) in [6, 6.07) is 0. The monoisotopic (exact) mass is 213 g/mol. The van der Waals surface area contributed by atoms with Crippen LogP contribution in [0.3, 0.4) is 0 Å². The lowest BCUT2D eigenvalue weighted by atomic mass is 10.2. The average Bonchev–Trinajstić information content (AvgIpc) is 2.16. The Balaban J connectivity index is 2.64. The van der Waals surface area contributed by atoms with Gasteiger partial charge in [0.1, 0.15) is 13.2 Å². The van der Waals surface area contributed by atoms with Crippen LogP contribution in [0.1, 0.15) is 6.92 Å². The molecule has 82 valence electrons. The molecule has 15 heavy (non-hydrogen) atoms. The number of morpholine rings is 1. The highest BCUT2D eigenvalue weighted by molar-refractivity contribution is 5.98. The van der Waals surface area contributed by atoms with E-state index in [-0.39, 0.29) is 25.3 Å². The quantitative estimate of drug-likeness (QED) is 0.500. The second kappa shape index (κ2) is 4.70. The maximum Gasteiger partial charge on any atom is 0.331 e. The minimum Gasteiger partial charge on any atom is -0.478 e. The molecule has 0 radical (unpaired) electrons. The molecule has 6 heteroatoms. The van der Waals surface area contributed by atoms with Crippen molar-refractivity contribution in [1.29, 1.82) is 0 Å². The van der Waals surface area contributed by atoms with Gasteiger partial charge in [0.05, 0.1) is 0 Å². The molecule has 1 aliphatic rings. The molecular formula is C9H11NO5. The van der Waals surface area contributed by atoms with Gasteiger partial charge in [0.2, 0.25) is 0 Å². The number of imide groups is 1. The van der Waals surface area contributed by atoms with Crippen LogP contribution in [-0.4, -0.2) is 47.5 Å². The number of hydrogen-bond acceptors (Lipinski definition) is 4. The fourth-order valence-electron chi connectivity index (χ4n) is 1.04. The molecular weight excluding hydrogens is 202 g/mol. The van der Waals surface area contributed by atoms with Crippen LogP contribution in [-0.2, 0) is 19.1 Å². The number of nitrogens with zero attached hydrogens (tertiary/aromatic N) is 1. The zero-order valence-corrected chi connectivity index (χ0v) is 8.23. The Bertz CT molecular complexity index is 317. The van der Waals surface area contributed by atoms with Crippen LogP contribution in [0.4, 0.5) is 0 Å². The molecule has 2 amide bonds. The maximum atomic E-state index is 11.2. The molecule has 1 saturated heterocycles. The topological polar surface area (TPSA) is 83.9 Å². The van der Waals surface area contributed by atoms with Gasteiger partial charge in [-0.15, -0.1) is 0 Å². The van der Waals surface area contributed by atoms with Crippen LogP contribution in [0, 0.1) is 0 Å². The Hall–Kier alpha value is -1.69. The van der Waals surface area contributed by atoms with Gasteiger partial charge in [-0.1, -0.05) is 6.08 Å². The van der Waals surface area contributed by atoms with Gasteiger partial charge in [-0.2, -0.15) is 0 Å². The number of carboxylic acid groups (broad SMARTS) is 1. The fourth-order valence-corrected chi connectivity index (χ4v) is 1.04. The lowest BCUT2D eigenvalue weighted by molar-refractivity contribution is -0.157. The SMILES string of the molecule is CC(=CCN1C(=O)COCC1=O)C(=O)O. The predicted octanol–water partition coefficient (Wildman–Crippen LogP) is -0.597. The van der Waals surface area contributed by atoms with Crippen LogP contribution in [0.2, 0.25) is 0 Å². The number of ether oxygens (including phenoxy) is 1. The second-order valence-electron chi connectivity index (χ2n) is 3.08. The van der Waals surface area contributed by atoms with E-state index in [2.05, 4.69) is 0 Å². The maximum absolute atomic E-state index is 11.2. The molecule has 0 aromatic carbocycles. The van der Waals surface area contributed by atoms with Crippen LogP contribution >= 0.6 is 0 Å². The van der Waals surface area contributed by atoms with E-state index in [0.29, 0.717) is 0 Å². The molecule has 0 unspecified atom stereocenters. The Morgan fingerprint density at radius 3 is 2.47 bits per heavy atom. The molecule has 1 aliphatic heterocycles. The first-order chi connectivity index (χ1) is 7.02. The minimum atomic E-state index is -1.07. The van der Waals surface area contributed by atoms with Crippen molar-refractivity contribution in [2.24, 2.45) is 0 Å².